The third kappa shape index (κ3) is 7.30. The van der Waals surface area contributed by atoms with E-state index >= 15 is 0 Å². The zero-order valence-electron chi connectivity index (χ0n) is 26.6. The molecule has 244 valence electrons. The van der Waals surface area contributed by atoms with Gasteiger partial charge in [-0.3, -0.25) is 9.59 Å². The van der Waals surface area contributed by atoms with Crippen LogP contribution in [0.1, 0.15) is 42.4 Å². The second-order valence-corrected chi connectivity index (χ2v) is 14.8. The molecule has 0 spiro atoms. The molecule has 2 aliphatic rings. The molecule has 0 saturated carbocycles. The topological polar surface area (TPSA) is 115 Å². The van der Waals surface area contributed by atoms with Crippen molar-refractivity contribution in [1.29, 1.82) is 0 Å². The molecule has 0 N–H and O–H groups in total. The lowest BCUT2D eigenvalue weighted by Crippen LogP contribution is -2.39. The highest BCUT2D eigenvalue weighted by Crippen LogP contribution is 2.28. The number of hydrogen-bond donors (Lipinski definition) is 0. The van der Waals surface area contributed by atoms with Gasteiger partial charge >= 0.3 is 0 Å². The number of ether oxygens (including phenoxy) is 1. The molecule has 2 aromatic heterocycles. The number of aryl methyl sites for hydroxylation is 2. The lowest BCUT2D eigenvalue weighted by molar-refractivity contribution is -0.135. The van der Waals surface area contributed by atoms with Gasteiger partial charge < -0.3 is 23.5 Å². The molecule has 0 radical (unpaired) electrons. The van der Waals surface area contributed by atoms with Crippen LogP contribution in [0.3, 0.4) is 0 Å². The summed E-state index contributed by atoms with van der Waals surface area (Å²) in [5, 5.41) is 0.992. The molecule has 4 aromatic rings. The fourth-order valence-electron chi connectivity index (χ4n) is 6.73. The van der Waals surface area contributed by atoms with Crippen LogP contribution in [0.25, 0.3) is 22.4 Å². The first kappa shape index (κ1) is 31.8. The van der Waals surface area contributed by atoms with E-state index in [0.29, 0.717) is 70.8 Å². The van der Waals surface area contributed by atoms with Crippen molar-refractivity contribution in [3.05, 3.63) is 71.7 Å². The maximum atomic E-state index is 13.9. The summed E-state index contributed by atoms with van der Waals surface area (Å²) in [5.41, 5.74) is 4.79. The Kier molecular flexibility index (Phi) is 9.49. The molecule has 2 aliphatic heterocycles. The monoisotopic (exact) mass is 646 g/mol. The van der Waals surface area contributed by atoms with Crippen molar-refractivity contribution in [2.24, 2.45) is 5.92 Å². The lowest BCUT2D eigenvalue weighted by atomic mass is 10.0. The molecule has 1 unspecified atom stereocenters. The number of imidazole rings is 1. The van der Waals surface area contributed by atoms with Gasteiger partial charge in [0.05, 0.1) is 36.7 Å². The highest BCUT2D eigenvalue weighted by molar-refractivity contribution is 7.91. The largest absolute Gasteiger partial charge is 0.494 e. The summed E-state index contributed by atoms with van der Waals surface area (Å²) in [6.07, 6.45) is 8.03. The third-order valence-corrected chi connectivity index (χ3v) is 10.8. The third-order valence-electron chi connectivity index (χ3n) is 9.05. The molecule has 1 atom stereocenters. The van der Waals surface area contributed by atoms with Gasteiger partial charge in [-0.2, -0.15) is 0 Å². The van der Waals surface area contributed by atoms with Crippen LogP contribution >= 0.6 is 0 Å². The molecule has 1 saturated heterocycles. The molecular formula is C35H42N4O6S. The fraction of sp³-hybridized carbons (Fsp3) is 0.457. The zero-order valence-corrected chi connectivity index (χ0v) is 27.4. The van der Waals surface area contributed by atoms with Crippen LogP contribution in [-0.4, -0.2) is 83.9 Å². The van der Waals surface area contributed by atoms with Gasteiger partial charge in [-0.15, -0.1) is 0 Å². The molecule has 10 nitrogen and oxygen atoms in total. The standard InChI is InChI=1S/C35H42N4O6S/c1-25-19-26(2)33-29(23-45-31(33)20-25)22-32(40)37-11-3-4-12-39(35(41)28-9-18-46(42,43)24-28)13-6-17-44-30-8-5-7-27(21-30)34-36-10-14-38(34)16-15-37/h5,7-8,10,14,19-21,23,28H,3-4,6,9,11-13,15-18,22,24H2,1-2H3. The Hall–Kier alpha value is -4.12. The van der Waals surface area contributed by atoms with Crippen LogP contribution in [0, 0.1) is 19.8 Å². The number of carbonyl (C=O) groups is 2. The number of carbonyl (C=O) groups excluding carboxylic acids is 2. The van der Waals surface area contributed by atoms with Gasteiger partial charge in [0.1, 0.15) is 17.2 Å². The number of sulfone groups is 1. The first-order valence-electron chi connectivity index (χ1n) is 16.2. The summed E-state index contributed by atoms with van der Waals surface area (Å²) in [4.78, 5) is 35.7. The SMILES string of the molecule is Cc1cc(C)c2c(CC(=O)N3CCCCN(C(=O)C4CCS(=O)(=O)C4)CCCOc4cccc(c4)-c4nccn4CC3)coc2c1. The maximum Gasteiger partial charge on any atom is 0.227 e. The minimum atomic E-state index is -3.17. The van der Waals surface area contributed by atoms with Crippen molar-refractivity contribution < 1.29 is 27.2 Å². The Labute approximate surface area is 270 Å². The molecule has 6 rings (SSSR count). The predicted octanol–water partition coefficient (Wildman–Crippen LogP) is 4.81. The minimum Gasteiger partial charge on any atom is -0.494 e. The fourth-order valence-corrected chi connectivity index (χ4v) is 8.46. The Morgan fingerprint density at radius 1 is 0.978 bits per heavy atom. The molecule has 0 aliphatic carbocycles. The van der Waals surface area contributed by atoms with Gasteiger partial charge in [-0.1, -0.05) is 18.2 Å². The Bertz CT molecular complexity index is 1830. The Morgan fingerprint density at radius 3 is 2.59 bits per heavy atom. The van der Waals surface area contributed by atoms with E-state index in [1.165, 1.54) is 0 Å². The van der Waals surface area contributed by atoms with E-state index in [2.05, 4.69) is 15.6 Å². The van der Waals surface area contributed by atoms with E-state index in [0.717, 1.165) is 39.0 Å². The van der Waals surface area contributed by atoms with Gasteiger partial charge in [0.15, 0.2) is 9.84 Å². The molecule has 2 bridgehead atoms. The second-order valence-electron chi connectivity index (χ2n) is 12.6. The molecule has 11 heteroatoms. The lowest BCUT2D eigenvalue weighted by Gasteiger charge is -2.27. The van der Waals surface area contributed by atoms with Gasteiger partial charge in [0.2, 0.25) is 11.8 Å². The Balaban J connectivity index is 1.23. The summed E-state index contributed by atoms with van der Waals surface area (Å²) in [6, 6.07) is 11.9. The number of nitrogens with zero attached hydrogens (tertiary/aromatic N) is 4. The first-order valence-corrected chi connectivity index (χ1v) is 18.0. The molecule has 2 aromatic carbocycles. The first-order chi connectivity index (χ1) is 22.2. The summed E-state index contributed by atoms with van der Waals surface area (Å²) < 4.78 is 38.2. The van der Waals surface area contributed by atoms with Gasteiger partial charge in [0, 0.05) is 61.6 Å². The number of amides is 2. The van der Waals surface area contributed by atoms with Gasteiger partial charge in [0.25, 0.3) is 0 Å². The highest BCUT2D eigenvalue weighted by atomic mass is 32.2. The van der Waals surface area contributed by atoms with Crippen molar-refractivity contribution in [3.63, 3.8) is 0 Å². The van der Waals surface area contributed by atoms with Gasteiger partial charge in [-0.25, -0.2) is 13.4 Å². The van der Waals surface area contributed by atoms with Crippen LogP contribution in [-0.2, 0) is 32.4 Å². The molecule has 1 fully saturated rings. The van der Waals surface area contributed by atoms with Crippen LogP contribution < -0.4 is 4.74 Å². The van der Waals surface area contributed by atoms with Crippen molar-refractivity contribution in [2.75, 3.05) is 44.3 Å². The minimum absolute atomic E-state index is 0.0155. The molecule has 2 amide bonds. The van der Waals surface area contributed by atoms with Crippen LogP contribution in [0.5, 0.6) is 5.75 Å². The predicted molar refractivity (Wildman–Crippen MR) is 176 cm³/mol. The number of benzene rings is 2. The summed E-state index contributed by atoms with van der Waals surface area (Å²) in [7, 11) is -3.17. The highest BCUT2D eigenvalue weighted by Gasteiger charge is 2.35. The molecule has 46 heavy (non-hydrogen) atoms. The van der Waals surface area contributed by atoms with E-state index in [4.69, 9.17) is 9.15 Å². The molecule has 4 heterocycles. The average Bonchev–Trinajstić information content (AvgIpc) is 3.75. The number of fused-ring (bicyclic) bond motifs is 5. The van der Waals surface area contributed by atoms with Crippen LogP contribution in [0.2, 0.25) is 0 Å². The maximum absolute atomic E-state index is 13.9. The van der Waals surface area contributed by atoms with Crippen LogP contribution in [0.15, 0.2) is 59.5 Å². The van der Waals surface area contributed by atoms with Crippen molar-refractivity contribution in [2.45, 2.75) is 52.5 Å². The van der Waals surface area contributed by atoms with E-state index in [-0.39, 0.29) is 29.7 Å². The summed E-state index contributed by atoms with van der Waals surface area (Å²) in [5.74, 6) is 0.927. The van der Waals surface area contributed by atoms with Gasteiger partial charge in [-0.05, 0) is 68.9 Å². The van der Waals surface area contributed by atoms with E-state index < -0.39 is 15.8 Å². The Morgan fingerprint density at radius 2 is 1.78 bits per heavy atom. The second kappa shape index (κ2) is 13.7. The van der Waals surface area contributed by atoms with Crippen molar-refractivity contribution in [3.8, 4) is 17.1 Å². The number of hydrogen-bond acceptors (Lipinski definition) is 7. The number of rotatable bonds is 3. The van der Waals surface area contributed by atoms with E-state index in [1.54, 1.807) is 17.4 Å². The normalized spacial score (nSPS) is 19.4. The van der Waals surface area contributed by atoms with Crippen molar-refractivity contribution >= 4 is 32.6 Å². The number of aromatic nitrogens is 2. The van der Waals surface area contributed by atoms with E-state index in [9.17, 15) is 18.0 Å². The van der Waals surface area contributed by atoms with E-state index in [1.807, 2.05) is 55.3 Å². The summed E-state index contributed by atoms with van der Waals surface area (Å²) in [6.45, 7) is 7.08. The average molecular weight is 647 g/mol. The van der Waals surface area contributed by atoms with Crippen LogP contribution in [0.4, 0.5) is 0 Å². The summed E-state index contributed by atoms with van der Waals surface area (Å²) >= 11 is 0. The smallest absolute Gasteiger partial charge is 0.227 e. The zero-order chi connectivity index (χ0) is 32.3. The quantitative estimate of drug-likeness (QED) is 0.314. The molecular weight excluding hydrogens is 604 g/mol. The number of furan rings is 1. The van der Waals surface area contributed by atoms with Crippen molar-refractivity contribution in [1.82, 2.24) is 19.4 Å².